The van der Waals surface area contributed by atoms with Gasteiger partial charge in [-0.15, -0.1) is 0 Å². The highest BCUT2D eigenvalue weighted by Crippen LogP contribution is 2.27. The number of imide groups is 1. The highest BCUT2D eigenvalue weighted by Gasteiger charge is 2.32. The van der Waals surface area contributed by atoms with Gasteiger partial charge in [-0.2, -0.15) is 0 Å². The van der Waals surface area contributed by atoms with E-state index in [0.717, 1.165) is 23.3 Å². The Morgan fingerprint density at radius 2 is 2.15 bits per heavy atom. The predicted molar refractivity (Wildman–Crippen MR) is 92.3 cm³/mol. The molecule has 8 nitrogen and oxygen atoms in total. The van der Waals surface area contributed by atoms with Crippen molar-refractivity contribution >= 4 is 23.9 Å². The quantitative estimate of drug-likeness (QED) is 0.225. The lowest BCUT2D eigenvalue weighted by molar-refractivity contribution is -0.129. The fraction of sp³-hybridized carbons (Fsp3) is 0.389. The highest BCUT2D eigenvalue weighted by atomic mass is 16.5. The van der Waals surface area contributed by atoms with Crippen molar-refractivity contribution in [3.63, 3.8) is 0 Å². The summed E-state index contributed by atoms with van der Waals surface area (Å²) in [5, 5.41) is 11.0. The van der Waals surface area contributed by atoms with Crippen molar-refractivity contribution < 1.29 is 24.3 Å². The second-order valence-electron chi connectivity index (χ2n) is 6.26. The van der Waals surface area contributed by atoms with Crippen LogP contribution in [0.4, 0.5) is 4.79 Å². The number of carbonyl (C=O) groups excluding carboxylic acids is 3. The van der Waals surface area contributed by atoms with E-state index < -0.39 is 11.9 Å². The molecule has 0 spiro atoms. The molecule has 3 N–H and O–H groups in total. The average molecular weight is 359 g/mol. The first-order valence-corrected chi connectivity index (χ1v) is 8.61. The Morgan fingerprint density at radius 1 is 1.31 bits per heavy atom. The summed E-state index contributed by atoms with van der Waals surface area (Å²) in [5.41, 5.74) is 3.77. The fourth-order valence-corrected chi connectivity index (χ4v) is 3.03. The van der Waals surface area contributed by atoms with Crippen LogP contribution in [-0.2, 0) is 16.0 Å². The van der Waals surface area contributed by atoms with E-state index in [0.29, 0.717) is 32.4 Å². The van der Waals surface area contributed by atoms with Crippen LogP contribution in [0.25, 0.3) is 6.08 Å². The normalized spacial score (nSPS) is 17.3. The number of amides is 4. The van der Waals surface area contributed by atoms with E-state index in [9.17, 15) is 14.4 Å². The largest absolute Gasteiger partial charge is 0.493 e. The number of hydrogen-bond acceptors (Lipinski definition) is 5. The van der Waals surface area contributed by atoms with Gasteiger partial charge in [0.2, 0.25) is 5.91 Å². The Kier molecular flexibility index (Phi) is 5.52. The van der Waals surface area contributed by atoms with Crippen molar-refractivity contribution in [2.24, 2.45) is 0 Å². The van der Waals surface area contributed by atoms with Gasteiger partial charge in [0.25, 0.3) is 5.91 Å². The van der Waals surface area contributed by atoms with Crippen molar-refractivity contribution in [3.05, 3.63) is 35.0 Å². The van der Waals surface area contributed by atoms with Crippen molar-refractivity contribution in [2.45, 2.75) is 32.1 Å². The molecule has 1 aromatic rings. The number of fused-ring (bicyclic) bond motifs is 1. The summed E-state index contributed by atoms with van der Waals surface area (Å²) in [6.07, 6.45) is 4.58. The summed E-state index contributed by atoms with van der Waals surface area (Å²) in [4.78, 5) is 36.5. The molecule has 138 valence electrons. The van der Waals surface area contributed by atoms with Crippen molar-refractivity contribution in [1.82, 2.24) is 15.7 Å². The van der Waals surface area contributed by atoms with Crippen LogP contribution in [0.5, 0.6) is 5.75 Å². The molecular formula is C18H21N3O5. The standard InChI is InChI=1S/C18H21N3O5/c22-16(20-25)4-2-1-3-8-21-17(23)14(19-18(21)24)11-12-5-6-15-13(10-12)7-9-26-15/h5-6,10-11,25H,1-4,7-9H2,(H,19,24)(H,20,22)/b14-11-. The van der Waals surface area contributed by atoms with Crippen molar-refractivity contribution in [2.75, 3.05) is 13.2 Å². The smallest absolute Gasteiger partial charge is 0.329 e. The highest BCUT2D eigenvalue weighted by molar-refractivity contribution is 6.13. The van der Waals surface area contributed by atoms with Gasteiger partial charge in [-0.1, -0.05) is 12.5 Å². The number of hydroxylamine groups is 1. The lowest BCUT2D eigenvalue weighted by Gasteiger charge is -2.11. The third kappa shape index (κ3) is 4.02. The Labute approximate surface area is 150 Å². The summed E-state index contributed by atoms with van der Waals surface area (Å²) in [7, 11) is 0. The Balaban J connectivity index is 1.55. The molecule has 1 saturated heterocycles. The van der Waals surface area contributed by atoms with Crippen LogP contribution in [0.1, 0.15) is 36.8 Å². The molecule has 0 radical (unpaired) electrons. The number of benzene rings is 1. The van der Waals surface area contributed by atoms with Crippen LogP contribution >= 0.6 is 0 Å². The maximum atomic E-state index is 12.4. The van der Waals surface area contributed by atoms with E-state index in [1.807, 2.05) is 18.2 Å². The molecule has 0 atom stereocenters. The summed E-state index contributed by atoms with van der Waals surface area (Å²) >= 11 is 0. The zero-order chi connectivity index (χ0) is 18.5. The molecule has 0 bridgehead atoms. The minimum atomic E-state index is -0.440. The molecule has 2 aliphatic heterocycles. The Hall–Kier alpha value is -2.87. The number of carbonyl (C=O) groups is 3. The first-order valence-electron chi connectivity index (χ1n) is 8.61. The molecule has 2 aliphatic rings. The van der Waals surface area contributed by atoms with Crippen molar-refractivity contribution in [1.29, 1.82) is 0 Å². The minimum Gasteiger partial charge on any atom is -0.493 e. The SMILES string of the molecule is O=C(CCCCCN1C(=O)N/C(=C\c2ccc3c(c2)CCO3)C1=O)NO. The number of nitrogens with zero attached hydrogens (tertiary/aromatic N) is 1. The first-order chi connectivity index (χ1) is 12.6. The predicted octanol–water partition coefficient (Wildman–Crippen LogP) is 1.58. The van der Waals surface area contributed by atoms with Gasteiger partial charge >= 0.3 is 6.03 Å². The maximum absolute atomic E-state index is 12.4. The van der Waals surface area contributed by atoms with Gasteiger partial charge in [0, 0.05) is 19.4 Å². The van der Waals surface area contributed by atoms with E-state index >= 15 is 0 Å². The second-order valence-corrected chi connectivity index (χ2v) is 6.26. The van der Waals surface area contributed by atoms with Crippen LogP contribution in [0.2, 0.25) is 0 Å². The van der Waals surface area contributed by atoms with E-state index in [2.05, 4.69) is 5.32 Å². The first kappa shape index (κ1) is 17.9. The summed E-state index contributed by atoms with van der Waals surface area (Å²) < 4.78 is 5.46. The molecule has 1 aromatic carbocycles. The van der Waals surface area contributed by atoms with Gasteiger partial charge < -0.3 is 10.1 Å². The zero-order valence-electron chi connectivity index (χ0n) is 14.3. The maximum Gasteiger partial charge on any atom is 0.329 e. The molecule has 8 heteroatoms. The molecule has 0 aromatic heterocycles. The zero-order valence-corrected chi connectivity index (χ0v) is 14.3. The third-order valence-corrected chi connectivity index (χ3v) is 4.40. The molecule has 0 aliphatic carbocycles. The molecule has 26 heavy (non-hydrogen) atoms. The van der Waals surface area contributed by atoms with Gasteiger partial charge in [-0.25, -0.2) is 10.3 Å². The summed E-state index contributed by atoms with van der Waals surface area (Å²) in [6, 6.07) is 5.25. The lowest BCUT2D eigenvalue weighted by Crippen LogP contribution is -2.31. The van der Waals surface area contributed by atoms with E-state index in [1.165, 1.54) is 4.90 Å². The molecule has 2 heterocycles. The van der Waals surface area contributed by atoms with Crippen LogP contribution in [0.3, 0.4) is 0 Å². The molecule has 1 fully saturated rings. The number of nitrogens with one attached hydrogen (secondary N) is 2. The minimum absolute atomic E-state index is 0.212. The molecular weight excluding hydrogens is 338 g/mol. The van der Waals surface area contributed by atoms with Gasteiger partial charge in [0.15, 0.2) is 0 Å². The second kappa shape index (κ2) is 8.01. The van der Waals surface area contributed by atoms with Crippen LogP contribution in [0, 0.1) is 0 Å². The molecule has 0 saturated carbocycles. The number of unbranched alkanes of at least 4 members (excludes halogenated alkanes) is 2. The van der Waals surface area contributed by atoms with Gasteiger partial charge in [-0.3, -0.25) is 19.7 Å². The van der Waals surface area contributed by atoms with Gasteiger partial charge in [0.05, 0.1) is 6.61 Å². The number of hydrogen-bond donors (Lipinski definition) is 3. The third-order valence-electron chi connectivity index (χ3n) is 4.40. The summed E-state index contributed by atoms with van der Waals surface area (Å²) in [6.45, 7) is 0.958. The van der Waals surface area contributed by atoms with E-state index in [4.69, 9.17) is 9.94 Å². The lowest BCUT2D eigenvalue weighted by atomic mass is 10.1. The molecule has 0 unspecified atom stereocenters. The molecule has 3 rings (SSSR count). The van der Waals surface area contributed by atoms with E-state index in [1.54, 1.807) is 11.6 Å². The number of rotatable bonds is 7. The van der Waals surface area contributed by atoms with Crippen LogP contribution in [0.15, 0.2) is 23.9 Å². The van der Waals surface area contributed by atoms with Crippen LogP contribution < -0.4 is 15.5 Å². The fourth-order valence-electron chi connectivity index (χ4n) is 3.03. The Bertz CT molecular complexity index is 759. The summed E-state index contributed by atoms with van der Waals surface area (Å²) in [5.74, 6) is 0.0789. The average Bonchev–Trinajstić information content (AvgIpc) is 3.20. The van der Waals surface area contributed by atoms with Crippen molar-refractivity contribution in [3.8, 4) is 5.75 Å². The number of urea groups is 1. The van der Waals surface area contributed by atoms with Gasteiger partial charge in [-0.05, 0) is 42.2 Å². The Morgan fingerprint density at radius 3 is 2.96 bits per heavy atom. The van der Waals surface area contributed by atoms with Gasteiger partial charge in [0.1, 0.15) is 11.4 Å². The number of ether oxygens (including phenoxy) is 1. The topological polar surface area (TPSA) is 108 Å². The molecule has 4 amide bonds. The van der Waals surface area contributed by atoms with Crippen LogP contribution in [-0.4, -0.2) is 41.1 Å². The monoisotopic (exact) mass is 359 g/mol. The van der Waals surface area contributed by atoms with E-state index in [-0.39, 0.29) is 18.0 Å².